The number of hydrogen-bond acceptors (Lipinski definition) is 3. The van der Waals surface area contributed by atoms with Gasteiger partial charge in [0, 0.05) is 12.1 Å². The molecule has 0 aromatic carbocycles. The minimum Gasteiger partial charge on any atom is -0.379 e. The zero-order valence-electron chi connectivity index (χ0n) is 12.1. The monoisotopic (exact) mass is 243 g/mol. The van der Waals surface area contributed by atoms with Gasteiger partial charge in [-0.05, 0) is 18.3 Å². The number of ether oxygens (including phenoxy) is 2. The van der Waals surface area contributed by atoms with Gasteiger partial charge in [-0.3, -0.25) is 0 Å². The van der Waals surface area contributed by atoms with Crippen molar-refractivity contribution in [3.05, 3.63) is 0 Å². The van der Waals surface area contributed by atoms with Crippen molar-refractivity contribution in [2.45, 2.75) is 65.6 Å². The molecule has 0 amide bonds. The second kappa shape index (κ2) is 6.72. The van der Waals surface area contributed by atoms with E-state index in [1.54, 1.807) is 0 Å². The molecular formula is C14H29NO2. The van der Waals surface area contributed by atoms with Gasteiger partial charge in [-0.15, -0.1) is 0 Å². The molecule has 0 saturated heterocycles. The van der Waals surface area contributed by atoms with Crippen molar-refractivity contribution in [3.8, 4) is 0 Å². The van der Waals surface area contributed by atoms with Crippen molar-refractivity contribution in [2.75, 3.05) is 19.8 Å². The lowest BCUT2D eigenvalue weighted by Gasteiger charge is -2.37. The summed E-state index contributed by atoms with van der Waals surface area (Å²) >= 11 is 0. The summed E-state index contributed by atoms with van der Waals surface area (Å²) < 4.78 is 11.3. The zero-order chi connectivity index (χ0) is 12.9. The van der Waals surface area contributed by atoms with Crippen molar-refractivity contribution in [1.82, 2.24) is 5.32 Å². The Morgan fingerprint density at radius 1 is 1.18 bits per heavy atom. The molecule has 1 fully saturated rings. The highest BCUT2D eigenvalue weighted by atomic mass is 16.5. The molecule has 1 aliphatic rings. The van der Waals surface area contributed by atoms with Crippen LogP contribution in [-0.4, -0.2) is 38.0 Å². The van der Waals surface area contributed by atoms with E-state index in [9.17, 15) is 0 Å². The van der Waals surface area contributed by atoms with Gasteiger partial charge < -0.3 is 14.8 Å². The molecule has 1 N–H and O–H groups in total. The summed E-state index contributed by atoms with van der Waals surface area (Å²) in [5.41, 5.74) is 0.253. The number of nitrogens with one attached hydrogen (secondary N) is 1. The first-order chi connectivity index (χ1) is 7.87. The van der Waals surface area contributed by atoms with Gasteiger partial charge in [0.25, 0.3) is 0 Å². The Bertz CT molecular complexity index is 205. The van der Waals surface area contributed by atoms with E-state index in [0.717, 1.165) is 32.7 Å². The minimum absolute atomic E-state index is 0.253. The highest BCUT2D eigenvalue weighted by Gasteiger charge is 2.29. The van der Waals surface area contributed by atoms with Crippen LogP contribution in [0.15, 0.2) is 0 Å². The molecule has 0 unspecified atom stereocenters. The average Bonchev–Trinajstić information content (AvgIpc) is 2.10. The summed E-state index contributed by atoms with van der Waals surface area (Å²) in [6.07, 6.45) is 2.75. The third-order valence-corrected chi connectivity index (χ3v) is 2.78. The lowest BCUT2D eigenvalue weighted by molar-refractivity contribution is -0.0501. The van der Waals surface area contributed by atoms with E-state index >= 15 is 0 Å². The molecular weight excluding hydrogens is 214 g/mol. The first-order valence-corrected chi connectivity index (χ1v) is 6.82. The van der Waals surface area contributed by atoms with Crippen LogP contribution in [0, 0.1) is 5.41 Å². The van der Waals surface area contributed by atoms with Crippen molar-refractivity contribution in [1.29, 1.82) is 0 Å². The molecule has 0 bridgehead atoms. The Balaban J connectivity index is 1.89. The van der Waals surface area contributed by atoms with Gasteiger partial charge >= 0.3 is 0 Å². The van der Waals surface area contributed by atoms with E-state index in [-0.39, 0.29) is 5.41 Å². The Kier molecular flexibility index (Phi) is 5.90. The molecule has 0 aromatic heterocycles. The predicted molar refractivity (Wildman–Crippen MR) is 71.3 cm³/mol. The van der Waals surface area contributed by atoms with Gasteiger partial charge in [-0.25, -0.2) is 0 Å². The van der Waals surface area contributed by atoms with Gasteiger partial charge in [-0.2, -0.15) is 0 Å². The van der Waals surface area contributed by atoms with Crippen molar-refractivity contribution < 1.29 is 9.47 Å². The fraction of sp³-hybridized carbons (Fsp3) is 1.00. The molecule has 0 aromatic rings. The molecule has 102 valence electrons. The molecule has 0 heterocycles. The highest BCUT2D eigenvalue weighted by molar-refractivity contribution is 4.86. The van der Waals surface area contributed by atoms with Crippen LogP contribution in [0.5, 0.6) is 0 Å². The third kappa shape index (κ3) is 7.02. The van der Waals surface area contributed by atoms with Gasteiger partial charge in [0.05, 0.1) is 25.9 Å². The van der Waals surface area contributed by atoms with Crippen LogP contribution >= 0.6 is 0 Å². The van der Waals surface area contributed by atoms with Gasteiger partial charge in [0.1, 0.15) is 0 Å². The first-order valence-electron chi connectivity index (χ1n) is 6.82. The fourth-order valence-corrected chi connectivity index (χ4v) is 1.96. The van der Waals surface area contributed by atoms with Gasteiger partial charge in [0.2, 0.25) is 0 Å². The summed E-state index contributed by atoms with van der Waals surface area (Å²) in [5, 5.41) is 3.52. The molecule has 0 aliphatic heterocycles. The summed E-state index contributed by atoms with van der Waals surface area (Å²) in [5.74, 6) is 0. The Hall–Kier alpha value is -0.120. The van der Waals surface area contributed by atoms with Crippen LogP contribution in [0.1, 0.15) is 47.5 Å². The maximum atomic E-state index is 5.74. The van der Waals surface area contributed by atoms with Gasteiger partial charge in [-0.1, -0.05) is 34.6 Å². The van der Waals surface area contributed by atoms with Crippen LogP contribution in [0.2, 0.25) is 0 Å². The normalized spacial score (nSPS) is 25.1. The topological polar surface area (TPSA) is 30.5 Å². The van der Waals surface area contributed by atoms with E-state index in [2.05, 4.69) is 39.9 Å². The SMILES string of the molecule is CC(C)NC1CC(OCCOCC(C)(C)C)C1. The fourth-order valence-electron chi connectivity index (χ4n) is 1.96. The Labute approximate surface area is 106 Å². The van der Waals surface area contributed by atoms with Crippen LogP contribution in [0.25, 0.3) is 0 Å². The maximum Gasteiger partial charge on any atom is 0.0704 e. The molecule has 0 atom stereocenters. The van der Waals surface area contributed by atoms with E-state index in [4.69, 9.17) is 9.47 Å². The number of hydrogen-bond donors (Lipinski definition) is 1. The highest BCUT2D eigenvalue weighted by Crippen LogP contribution is 2.23. The number of rotatable bonds is 7. The molecule has 0 radical (unpaired) electrons. The van der Waals surface area contributed by atoms with Crippen LogP contribution in [0.3, 0.4) is 0 Å². The van der Waals surface area contributed by atoms with Crippen LogP contribution in [0.4, 0.5) is 0 Å². The van der Waals surface area contributed by atoms with E-state index in [0.29, 0.717) is 18.2 Å². The summed E-state index contributed by atoms with van der Waals surface area (Å²) in [6.45, 7) is 13.2. The maximum absolute atomic E-state index is 5.74. The van der Waals surface area contributed by atoms with E-state index in [1.807, 2.05) is 0 Å². The Morgan fingerprint density at radius 2 is 1.82 bits per heavy atom. The largest absolute Gasteiger partial charge is 0.379 e. The van der Waals surface area contributed by atoms with Crippen LogP contribution < -0.4 is 5.32 Å². The van der Waals surface area contributed by atoms with Gasteiger partial charge in [0.15, 0.2) is 0 Å². The second-order valence-electron chi connectivity index (χ2n) is 6.60. The molecule has 3 nitrogen and oxygen atoms in total. The lowest BCUT2D eigenvalue weighted by Crippen LogP contribution is -2.48. The summed E-state index contributed by atoms with van der Waals surface area (Å²) in [7, 11) is 0. The van der Waals surface area contributed by atoms with Crippen molar-refractivity contribution in [3.63, 3.8) is 0 Å². The smallest absolute Gasteiger partial charge is 0.0704 e. The quantitative estimate of drug-likeness (QED) is 0.697. The second-order valence-corrected chi connectivity index (χ2v) is 6.60. The van der Waals surface area contributed by atoms with E-state index < -0.39 is 0 Å². The van der Waals surface area contributed by atoms with Crippen molar-refractivity contribution >= 4 is 0 Å². The standard InChI is InChI=1S/C14H29NO2/c1-11(2)15-12-8-13(9-12)17-7-6-16-10-14(3,4)5/h11-13,15H,6-10H2,1-5H3. The predicted octanol–water partition coefficient (Wildman–Crippen LogP) is 2.59. The molecule has 1 saturated carbocycles. The molecule has 3 heteroatoms. The van der Waals surface area contributed by atoms with E-state index in [1.165, 1.54) is 0 Å². The summed E-state index contributed by atoms with van der Waals surface area (Å²) in [4.78, 5) is 0. The summed E-state index contributed by atoms with van der Waals surface area (Å²) in [6, 6.07) is 1.24. The first kappa shape index (κ1) is 14.9. The third-order valence-electron chi connectivity index (χ3n) is 2.78. The average molecular weight is 243 g/mol. The molecule has 17 heavy (non-hydrogen) atoms. The zero-order valence-corrected chi connectivity index (χ0v) is 12.1. The molecule has 0 spiro atoms. The minimum atomic E-state index is 0.253. The van der Waals surface area contributed by atoms with Crippen LogP contribution in [-0.2, 0) is 9.47 Å². The molecule has 1 rings (SSSR count). The van der Waals surface area contributed by atoms with Crippen molar-refractivity contribution in [2.24, 2.45) is 5.41 Å². The lowest BCUT2D eigenvalue weighted by atomic mass is 9.89. The molecule has 1 aliphatic carbocycles. The Morgan fingerprint density at radius 3 is 2.35 bits per heavy atom.